The number of halogens is 1. The van der Waals surface area contributed by atoms with Crippen molar-refractivity contribution < 1.29 is 13.9 Å². The summed E-state index contributed by atoms with van der Waals surface area (Å²) >= 11 is 2.93. The summed E-state index contributed by atoms with van der Waals surface area (Å²) in [6.45, 7) is 9.02. The van der Waals surface area contributed by atoms with E-state index < -0.39 is 5.60 Å². The molecule has 0 bridgehead atoms. The number of piperidine rings is 1. The monoisotopic (exact) mass is 552 g/mol. The van der Waals surface area contributed by atoms with Gasteiger partial charge in [0.2, 0.25) is 0 Å². The molecule has 0 radical (unpaired) electrons. The van der Waals surface area contributed by atoms with Gasteiger partial charge in [0, 0.05) is 29.7 Å². The first-order chi connectivity index (χ1) is 18.1. The van der Waals surface area contributed by atoms with Crippen LogP contribution in [0.2, 0.25) is 0 Å². The summed E-state index contributed by atoms with van der Waals surface area (Å²) in [7, 11) is 0. The Bertz CT molecular complexity index is 1500. The van der Waals surface area contributed by atoms with Crippen LogP contribution in [0.15, 0.2) is 30.5 Å². The molecule has 5 rings (SSSR count). The summed E-state index contributed by atoms with van der Waals surface area (Å²) < 4.78 is 21.0. The highest BCUT2D eigenvalue weighted by atomic mass is 32.1. The highest BCUT2D eigenvalue weighted by molar-refractivity contribution is 7.17. The SMILES string of the molecule is CCc1nc2sc(C3CCN(C(=O)OC(C)(C)C)CC3)cn2c1Nc1nc(-c2ccc(F)cc2)c(C#N)s1. The Kier molecular flexibility index (Phi) is 7.11. The summed E-state index contributed by atoms with van der Waals surface area (Å²) in [5.74, 6) is 0.840. The summed E-state index contributed by atoms with van der Waals surface area (Å²) in [5.41, 5.74) is 1.64. The number of ether oxygens (including phenoxy) is 1. The summed E-state index contributed by atoms with van der Waals surface area (Å²) in [5, 5.41) is 13.7. The van der Waals surface area contributed by atoms with Gasteiger partial charge in [-0.05, 0) is 70.2 Å². The van der Waals surface area contributed by atoms with Gasteiger partial charge < -0.3 is 15.0 Å². The number of thiazole rings is 2. The van der Waals surface area contributed by atoms with Crippen molar-refractivity contribution in [2.24, 2.45) is 0 Å². The van der Waals surface area contributed by atoms with Crippen LogP contribution < -0.4 is 5.32 Å². The van der Waals surface area contributed by atoms with Gasteiger partial charge in [-0.3, -0.25) is 4.40 Å². The number of aromatic nitrogens is 3. The molecule has 3 aromatic heterocycles. The second kappa shape index (κ2) is 10.3. The lowest BCUT2D eigenvalue weighted by molar-refractivity contribution is 0.0205. The van der Waals surface area contributed by atoms with Gasteiger partial charge in [0.05, 0.1) is 5.69 Å². The molecule has 1 amide bonds. The van der Waals surface area contributed by atoms with Crippen molar-refractivity contribution in [1.82, 2.24) is 19.3 Å². The Morgan fingerprint density at radius 1 is 1.21 bits per heavy atom. The fourth-order valence-electron chi connectivity index (χ4n) is 4.50. The van der Waals surface area contributed by atoms with Crippen LogP contribution in [0.4, 0.5) is 20.1 Å². The zero-order valence-electron chi connectivity index (χ0n) is 21.7. The largest absolute Gasteiger partial charge is 0.444 e. The number of imidazole rings is 1. The van der Waals surface area contributed by atoms with Crippen LogP contribution in [0.3, 0.4) is 0 Å². The molecule has 11 heteroatoms. The van der Waals surface area contributed by atoms with E-state index in [0.29, 0.717) is 40.3 Å². The summed E-state index contributed by atoms with van der Waals surface area (Å²) in [6, 6.07) is 8.20. The molecule has 0 aliphatic carbocycles. The van der Waals surface area contributed by atoms with Gasteiger partial charge in [-0.25, -0.2) is 19.2 Å². The molecule has 1 aromatic carbocycles. The molecule has 1 aliphatic rings. The summed E-state index contributed by atoms with van der Waals surface area (Å²) in [6.07, 6.45) is 4.34. The smallest absolute Gasteiger partial charge is 0.410 e. The Hall–Kier alpha value is -3.49. The number of nitrogens with zero attached hydrogens (tertiary/aromatic N) is 5. The second-order valence-electron chi connectivity index (χ2n) is 10.2. The van der Waals surface area contributed by atoms with Gasteiger partial charge in [-0.15, -0.1) is 11.3 Å². The molecular weight excluding hydrogens is 523 g/mol. The minimum Gasteiger partial charge on any atom is -0.444 e. The van der Waals surface area contributed by atoms with Crippen molar-refractivity contribution >= 4 is 44.7 Å². The lowest BCUT2D eigenvalue weighted by Gasteiger charge is -2.33. The van der Waals surface area contributed by atoms with E-state index in [-0.39, 0.29) is 11.9 Å². The van der Waals surface area contributed by atoms with Crippen LogP contribution in [0.25, 0.3) is 16.2 Å². The van der Waals surface area contributed by atoms with Gasteiger partial charge in [0.25, 0.3) is 0 Å². The molecular formula is C27H29FN6O2S2. The van der Waals surface area contributed by atoms with Crippen LogP contribution in [-0.4, -0.2) is 44.1 Å². The first-order valence-electron chi connectivity index (χ1n) is 12.6. The van der Waals surface area contributed by atoms with E-state index in [1.54, 1.807) is 28.4 Å². The summed E-state index contributed by atoms with van der Waals surface area (Å²) in [4.78, 5) is 26.3. The fraction of sp³-hybridized carbons (Fsp3) is 0.407. The molecule has 198 valence electrons. The number of nitrogens with one attached hydrogen (secondary N) is 1. The highest BCUT2D eigenvalue weighted by Gasteiger charge is 2.29. The van der Waals surface area contributed by atoms with Crippen molar-refractivity contribution in [1.29, 1.82) is 5.26 Å². The van der Waals surface area contributed by atoms with Crippen molar-refractivity contribution in [2.45, 2.75) is 58.5 Å². The van der Waals surface area contributed by atoms with E-state index in [4.69, 9.17) is 9.72 Å². The van der Waals surface area contributed by atoms with Crippen LogP contribution in [0.5, 0.6) is 0 Å². The molecule has 38 heavy (non-hydrogen) atoms. The third kappa shape index (κ3) is 5.37. The van der Waals surface area contributed by atoms with Gasteiger partial charge in [-0.1, -0.05) is 18.3 Å². The maximum absolute atomic E-state index is 13.4. The molecule has 1 aliphatic heterocycles. The predicted molar refractivity (Wildman–Crippen MR) is 148 cm³/mol. The molecule has 4 heterocycles. The van der Waals surface area contributed by atoms with E-state index >= 15 is 0 Å². The molecule has 1 fully saturated rings. The third-order valence-electron chi connectivity index (χ3n) is 6.37. The van der Waals surface area contributed by atoms with Gasteiger partial charge >= 0.3 is 6.09 Å². The predicted octanol–water partition coefficient (Wildman–Crippen LogP) is 6.95. The van der Waals surface area contributed by atoms with E-state index in [0.717, 1.165) is 35.7 Å². The number of hydrogen-bond donors (Lipinski definition) is 1. The number of carbonyl (C=O) groups excluding carboxylic acids is 1. The van der Waals surface area contributed by atoms with Gasteiger partial charge in [0.1, 0.15) is 33.9 Å². The normalized spacial score (nSPS) is 14.6. The number of amides is 1. The molecule has 0 unspecified atom stereocenters. The Labute approximate surface area is 228 Å². The van der Waals surface area contributed by atoms with Crippen molar-refractivity contribution in [3.8, 4) is 17.3 Å². The minimum atomic E-state index is -0.501. The van der Waals surface area contributed by atoms with Crippen molar-refractivity contribution in [3.63, 3.8) is 0 Å². The minimum absolute atomic E-state index is 0.254. The molecule has 0 spiro atoms. The molecule has 4 aromatic rings. The van der Waals surface area contributed by atoms with Crippen molar-refractivity contribution in [3.05, 3.63) is 51.7 Å². The standard InChI is InChI=1S/C27H29FN6O2S2/c1-5-19-23(32-24-31-22(20(14-29)37-24)17-6-8-18(28)9-7-17)34-15-21(38-25(34)30-19)16-10-12-33(13-11-16)26(35)36-27(2,3)4/h6-9,15-16H,5,10-13H2,1-4H3,(H,31,32). The van der Waals surface area contributed by atoms with Crippen molar-refractivity contribution in [2.75, 3.05) is 18.4 Å². The quantitative estimate of drug-likeness (QED) is 0.288. The lowest BCUT2D eigenvalue weighted by Crippen LogP contribution is -2.41. The van der Waals surface area contributed by atoms with Crippen LogP contribution >= 0.6 is 22.7 Å². The van der Waals surface area contributed by atoms with Crippen LogP contribution in [0.1, 0.15) is 61.9 Å². The number of carbonyl (C=O) groups is 1. The Morgan fingerprint density at radius 2 is 1.92 bits per heavy atom. The lowest BCUT2D eigenvalue weighted by atomic mass is 9.96. The number of hydrogen-bond acceptors (Lipinski definition) is 8. The molecule has 0 saturated carbocycles. The second-order valence-corrected chi connectivity index (χ2v) is 12.3. The number of rotatable bonds is 5. The molecule has 8 nitrogen and oxygen atoms in total. The number of anilines is 2. The third-order valence-corrected chi connectivity index (χ3v) is 8.39. The first kappa shape index (κ1) is 26.1. The average Bonchev–Trinajstić information content (AvgIpc) is 3.57. The Balaban J connectivity index is 1.36. The number of aryl methyl sites for hydroxylation is 1. The molecule has 0 atom stereocenters. The maximum Gasteiger partial charge on any atom is 0.410 e. The molecule has 1 saturated heterocycles. The highest BCUT2D eigenvalue weighted by Crippen LogP contribution is 2.38. The van der Waals surface area contributed by atoms with E-state index in [1.807, 2.05) is 20.8 Å². The number of benzene rings is 1. The topological polar surface area (TPSA) is 95.6 Å². The van der Waals surface area contributed by atoms with E-state index in [1.165, 1.54) is 28.3 Å². The number of nitriles is 1. The van der Waals surface area contributed by atoms with Crippen LogP contribution in [-0.2, 0) is 11.2 Å². The van der Waals surface area contributed by atoms with Gasteiger partial charge in [0.15, 0.2) is 10.1 Å². The van der Waals surface area contributed by atoms with Gasteiger partial charge in [-0.2, -0.15) is 5.26 Å². The van der Waals surface area contributed by atoms with Crippen LogP contribution in [0, 0.1) is 17.1 Å². The fourth-order valence-corrected chi connectivity index (χ4v) is 6.46. The molecule has 1 N–H and O–H groups in total. The van der Waals surface area contributed by atoms with E-state index in [9.17, 15) is 14.4 Å². The Morgan fingerprint density at radius 3 is 2.55 bits per heavy atom. The number of likely N-dealkylation sites (tertiary alicyclic amines) is 1. The zero-order valence-corrected chi connectivity index (χ0v) is 23.4. The zero-order chi connectivity index (χ0) is 27.0. The van der Waals surface area contributed by atoms with E-state index in [2.05, 4.69) is 33.9 Å². The number of fused-ring (bicyclic) bond motifs is 1. The maximum atomic E-state index is 13.4. The first-order valence-corrected chi connectivity index (χ1v) is 14.2. The average molecular weight is 553 g/mol.